The molecule has 5 heteroatoms. The molecule has 0 aliphatic heterocycles. The largest absolute Gasteiger partial charge is 0.294 e. The molecule has 108 valence electrons. The van der Waals surface area contributed by atoms with Crippen molar-refractivity contribution in [2.75, 3.05) is 5.43 Å². The molecule has 0 unspecified atom stereocenters. The molecule has 0 radical (unpaired) electrons. The van der Waals surface area contributed by atoms with Gasteiger partial charge in [0.25, 0.3) is 5.69 Å². The average molecular weight is 291 g/mol. The molecule has 0 spiro atoms. The van der Waals surface area contributed by atoms with Crippen molar-refractivity contribution in [3.8, 4) is 0 Å². The molecule has 0 amide bonds. The number of nitrogens with zero attached hydrogens (tertiary/aromatic N) is 2. The number of benzene rings is 3. The maximum absolute atomic E-state index is 10.9. The van der Waals surface area contributed by atoms with Crippen molar-refractivity contribution in [3.05, 3.63) is 82.4 Å². The Morgan fingerprint density at radius 1 is 0.955 bits per heavy atom. The predicted octanol–water partition coefficient (Wildman–Crippen LogP) is 4.19. The molecule has 0 saturated heterocycles. The molecule has 3 aromatic carbocycles. The maximum atomic E-state index is 10.9. The molecule has 5 nitrogen and oxygen atoms in total. The van der Waals surface area contributed by atoms with Gasteiger partial charge < -0.3 is 0 Å². The monoisotopic (exact) mass is 291 g/mol. The fraction of sp³-hybridized carbons (Fsp3) is 0. The molecular weight excluding hydrogens is 278 g/mol. The minimum Gasteiger partial charge on any atom is -0.272 e. The summed E-state index contributed by atoms with van der Waals surface area (Å²) in [5, 5.41) is 17.3. The zero-order chi connectivity index (χ0) is 15.4. The first-order valence-electron chi connectivity index (χ1n) is 6.75. The molecule has 3 rings (SSSR count). The number of nitrogens with one attached hydrogen (secondary N) is 1. The molecule has 1 N–H and O–H groups in total. The third-order valence-electron chi connectivity index (χ3n) is 3.27. The molecule has 0 aliphatic rings. The van der Waals surface area contributed by atoms with Crippen molar-refractivity contribution in [3.63, 3.8) is 0 Å². The summed E-state index contributed by atoms with van der Waals surface area (Å²) in [5.41, 5.74) is 4.00. The number of anilines is 1. The molecule has 0 saturated carbocycles. The van der Waals surface area contributed by atoms with E-state index in [1.54, 1.807) is 24.4 Å². The van der Waals surface area contributed by atoms with E-state index < -0.39 is 4.92 Å². The molecule has 0 heterocycles. The smallest absolute Gasteiger partial charge is 0.272 e. The van der Waals surface area contributed by atoms with E-state index in [1.165, 1.54) is 6.07 Å². The van der Waals surface area contributed by atoms with Gasteiger partial charge in [-0.3, -0.25) is 15.5 Å². The van der Waals surface area contributed by atoms with E-state index in [0.29, 0.717) is 5.69 Å². The van der Waals surface area contributed by atoms with Gasteiger partial charge in [0.15, 0.2) is 0 Å². The summed E-state index contributed by atoms with van der Waals surface area (Å²) in [4.78, 5) is 10.5. The van der Waals surface area contributed by atoms with Crippen LogP contribution in [0.5, 0.6) is 0 Å². The first kappa shape index (κ1) is 13.8. The summed E-state index contributed by atoms with van der Waals surface area (Å²) in [7, 11) is 0. The van der Waals surface area contributed by atoms with Gasteiger partial charge in [-0.2, -0.15) is 5.10 Å². The lowest BCUT2D eigenvalue weighted by Gasteiger charge is -2.02. The van der Waals surface area contributed by atoms with E-state index in [2.05, 4.69) is 10.5 Å². The average Bonchev–Trinajstić information content (AvgIpc) is 2.55. The molecule has 0 aromatic heterocycles. The molecular formula is C17H13N3O2. The second kappa shape index (κ2) is 6.05. The Hall–Kier alpha value is -3.21. The second-order valence-corrected chi connectivity index (χ2v) is 4.75. The van der Waals surface area contributed by atoms with Crippen LogP contribution in [-0.2, 0) is 0 Å². The number of fused-ring (bicyclic) bond motifs is 1. The number of hydrogen-bond donors (Lipinski definition) is 1. The van der Waals surface area contributed by atoms with Gasteiger partial charge in [0.05, 0.1) is 11.1 Å². The van der Waals surface area contributed by atoms with Crippen LogP contribution in [-0.4, -0.2) is 11.1 Å². The highest BCUT2D eigenvalue weighted by Gasteiger charge is 2.10. The lowest BCUT2D eigenvalue weighted by Crippen LogP contribution is -1.96. The van der Waals surface area contributed by atoms with Crippen LogP contribution in [0.1, 0.15) is 5.56 Å². The van der Waals surface area contributed by atoms with Gasteiger partial charge >= 0.3 is 0 Å². The highest BCUT2D eigenvalue weighted by molar-refractivity contribution is 5.90. The van der Waals surface area contributed by atoms with E-state index in [-0.39, 0.29) is 5.69 Å². The van der Waals surface area contributed by atoms with E-state index in [1.807, 2.05) is 42.5 Å². The number of rotatable bonds is 4. The van der Waals surface area contributed by atoms with Gasteiger partial charge in [0.2, 0.25) is 0 Å². The third-order valence-corrected chi connectivity index (χ3v) is 3.27. The van der Waals surface area contributed by atoms with Crippen LogP contribution in [0.15, 0.2) is 71.8 Å². The van der Waals surface area contributed by atoms with Crippen molar-refractivity contribution < 1.29 is 4.92 Å². The van der Waals surface area contributed by atoms with Gasteiger partial charge in [0.1, 0.15) is 5.69 Å². The Balaban J connectivity index is 1.80. The Bertz CT molecular complexity index is 859. The summed E-state index contributed by atoms with van der Waals surface area (Å²) in [6.45, 7) is 0. The quantitative estimate of drug-likeness (QED) is 0.445. The molecule has 22 heavy (non-hydrogen) atoms. The zero-order valence-corrected chi connectivity index (χ0v) is 11.6. The first-order valence-corrected chi connectivity index (χ1v) is 6.75. The van der Waals surface area contributed by atoms with Gasteiger partial charge in [-0.1, -0.05) is 48.5 Å². The highest BCUT2D eigenvalue weighted by Crippen LogP contribution is 2.23. The number of hydrazone groups is 1. The lowest BCUT2D eigenvalue weighted by molar-refractivity contribution is -0.384. The van der Waals surface area contributed by atoms with Crippen LogP contribution in [0.4, 0.5) is 11.4 Å². The standard InChI is InChI=1S/C17H13N3O2/c21-20(22)17-8-4-3-7-16(17)19-18-12-13-9-10-14-5-1-2-6-15(14)11-13/h1-12,19H/b18-12-. The number of nitro groups is 1. The zero-order valence-electron chi connectivity index (χ0n) is 11.6. The van der Waals surface area contributed by atoms with Crippen molar-refractivity contribution in [1.82, 2.24) is 0 Å². The van der Waals surface area contributed by atoms with E-state index in [9.17, 15) is 10.1 Å². The van der Waals surface area contributed by atoms with Gasteiger partial charge in [-0.25, -0.2) is 0 Å². The van der Waals surface area contributed by atoms with Crippen LogP contribution in [0.3, 0.4) is 0 Å². The SMILES string of the molecule is O=[N+]([O-])c1ccccc1N/N=C\c1ccc2ccccc2c1. The number of nitro benzene ring substituents is 1. The van der Waals surface area contributed by atoms with E-state index in [4.69, 9.17) is 0 Å². The fourth-order valence-electron chi connectivity index (χ4n) is 2.19. The summed E-state index contributed by atoms with van der Waals surface area (Å²) in [6.07, 6.45) is 1.64. The summed E-state index contributed by atoms with van der Waals surface area (Å²) in [5.74, 6) is 0. The fourth-order valence-corrected chi connectivity index (χ4v) is 2.19. The topological polar surface area (TPSA) is 67.5 Å². The molecule has 0 fully saturated rings. The van der Waals surface area contributed by atoms with Crippen molar-refractivity contribution in [2.24, 2.45) is 5.10 Å². The van der Waals surface area contributed by atoms with Crippen LogP contribution < -0.4 is 5.43 Å². The minimum absolute atomic E-state index is 0.00170. The Kier molecular flexibility index (Phi) is 3.78. The second-order valence-electron chi connectivity index (χ2n) is 4.75. The minimum atomic E-state index is -0.437. The summed E-state index contributed by atoms with van der Waals surface area (Å²) in [6, 6.07) is 20.4. The van der Waals surface area contributed by atoms with Crippen molar-refractivity contribution in [1.29, 1.82) is 0 Å². The maximum Gasteiger partial charge on any atom is 0.294 e. The Labute approximate surface area is 127 Å². The lowest BCUT2D eigenvalue weighted by atomic mass is 10.1. The van der Waals surface area contributed by atoms with Crippen LogP contribution in [0, 0.1) is 10.1 Å². The van der Waals surface area contributed by atoms with Gasteiger partial charge in [-0.05, 0) is 28.5 Å². The molecule has 0 bridgehead atoms. The van der Waals surface area contributed by atoms with Crippen LogP contribution in [0.2, 0.25) is 0 Å². The normalized spacial score (nSPS) is 10.9. The number of para-hydroxylation sites is 2. The Morgan fingerprint density at radius 3 is 2.50 bits per heavy atom. The third kappa shape index (κ3) is 2.93. The van der Waals surface area contributed by atoms with E-state index in [0.717, 1.165) is 16.3 Å². The Morgan fingerprint density at radius 2 is 1.68 bits per heavy atom. The van der Waals surface area contributed by atoms with Crippen molar-refractivity contribution >= 4 is 28.4 Å². The predicted molar refractivity (Wildman–Crippen MR) is 88.3 cm³/mol. The molecule has 3 aromatic rings. The summed E-state index contributed by atoms with van der Waals surface area (Å²) >= 11 is 0. The highest BCUT2D eigenvalue weighted by atomic mass is 16.6. The van der Waals surface area contributed by atoms with Crippen LogP contribution in [0.25, 0.3) is 10.8 Å². The van der Waals surface area contributed by atoms with E-state index >= 15 is 0 Å². The summed E-state index contributed by atoms with van der Waals surface area (Å²) < 4.78 is 0. The van der Waals surface area contributed by atoms with Gasteiger partial charge in [0, 0.05) is 6.07 Å². The van der Waals surface area contributed by atoms with Crippen molar-refractivity contribution in [2.45, 2.75) is 0 Å². The van der Waals surface area contributed by atoms with Gasteiger partial charge in [-0.15, -0.1) is 0 Å². The molecule has 0 aliphatic carbocycles. The molecule has 0 atom stereocenters. The van der Waals surface area contributed by atoms with Crippen LogP contribution >= 0.6 is 0 Å². The first-order chi connectivity index (χ1) is 10.7. The number of hydrogen-bond acceptors (Lipinski definition) is 4.